The first-order chi connectivity index (χ1) is 15.3. The fraction of sp³-hybridized carbons (Fsp3) is 0.292. The number of aliphatic carboxylic acids is 1. The molecule has 8 heteroatoms. The molecule has 1 aliphatic rings. The van der Waals surface area contributed by atoms with Gasteiger partial charge in [0.15, 0.2) is 0 Å². The molecule has 1 aliphatic heterocycles. The summed E-state index contributed by atoms with van der Waals surface area (Å²) >= 11 is 6.54. The fourth-order valence-electron chi connectivity index (χ4n) is 3.41. The van der Waals surface area contributed by atoms with Crippen LogP contribution >= 0.6 is 24.0 Å². The summed E-state index contributed by atoms with van der Waals surface area (Å²) in [5.74, 6) is 0.464. The number of aryl methyl sites for hydroxylation is 2. The molecule has 3 rings (SSSR count). The normalized spacial score (nSPS) is 14.8. The Balaban J connectivity index is 1.77. The third-order valence-corrected chi connectivity index (χ3v) is 6.41. The summed E-state index contributed by atoms with van der Waals surface area (Å²) in [7, 11) is 1.61. The fourth-order valence-corrected chi connectivity index (χ4v) is 4.72. The maximum atomic E-state index is 12.7. The number of thioether (sulfide) groups is 1. The minimum Gasteiger partial charge on any atom is -0.496 e. The van der Waals surface area contributed by atoms with Crippen molar-refractivity contribution in [3.05, 3.63) is 63.6 Å². The topological polar surface area (TPSA) is 76.1 Å². The van der Waals surface area contributed by atoms with Gasteiger partial charge in [-0.2, -0.15) is 0 Å². The van der Waals surface area contributed by atoms with E-state index in [0.717, 1.165) is 28.0 Å². The number of amides is 1. The maximum absolute atomic E-state index is 12.7. The van der Waals surface area contributed by atoms with E-state index < -0.39 is 5.97 Å². The smallest absolute Gasteiger partial charge is 0.303 e. The van der Waals surface area contributed by atoms with Crippen LogP contribution in [0.3, 0.4) is 0 Å². The quantitative estimate of drug-likeness (QED) is 0.409. The van der Waals surface area contributed by atoms with E-state index in [-0.39, 0.29) is 12.3 Å². The molecule has 1 heterocycles. The highest BCUT2D eigenvalue weighted by Gasteiger charge is 2.31. The van der Waals surface area contributed by atoms with Crippen LogP contribution in [0.5, 0.6) is 11.5 Å². The van der Waals surface area contributed by atoms with E-state index in [2.05, 4.69) is 0 Å². The molecule has 2 aromatic rings. The first-order valence-electron chi connectivity index (χ1n) is 10.1. The zero-order valence-corrected chi connectivity index (χ0v) is 19.8. The van der Waals surface area contributed by atoms with Crippen LogP contribution in [-0.2, 0) is 16.2 Å². The number of carbonyl (C=O) groups is 2. The Hall–Kier alpha value is -2.84. The lowest BCUT2D eigenvalue weighted by Gasteiger charge is -2.14. The van der Waals surface area contributed by atoms with E-state index in [4.69, 9.17) is 26.8 Å². The second kappa shape index (κ2) is 10.7. The standard InChI is InChI=1S/C24H25NO5S2/c1-15-6-4-7-16(2)22(15)30-14-18-12-17(9-10-19(18)29-3)13-20-23(28)25(24(31)32-20)11-5-8-21(26)27/h4,6-7,9-10,12-13H,5,8,11,14H2,1-3H3,(H,26,27). The first kappa shape index (κ1) is 23.8. The lowest BCUT2D eigenvalue weighted by atomic mass is 10.1. The summed E-state index contributed by atoms with van der Waals surface area (Å²) in [6.45, 7) is 4.64. The number of carboxylic acid groups (broad SMARTS) is 1. The Morgan fingerprint density at radius 2 is 1.94 bits per heavy atom. The van der Waals surface area contributed by atoms with Gasteiger partial charge in [-0.05, 0) is 55.2 Å². The highest BCUT2D eigenvalue weighted by molar-refractivity contribution is 8.26. The Morgan fingerprint density at radius 3 is 2.59 bits per heavy atom. The molecule has 1 fully saturated rings. The molecular weight excluding hydrogens is 446 g/mol. The highest BCUT2D eigenvalue weighted by Crippen LogP contribution is 2.34. The number of carbonyl (C=O) groups excluding carboxylic acids is 1. The number of rotatable bonds is 9. The van der Waals surface area contributed by atoms with Crippen LogP contribution in [0.2, 0.25) is 0 Å². The molecule has 32 heavy (non-hydrogen) atoms. The number of nitrogens with zero attached hydrogens (tertiary/aromatic N) is 1. The molecule has 0 aliphatic carbocycles. The Kier molecular flexibility index (Phi) is 7.93. The van der Waals surface area contributed by atoms with Crippen LogP contribution in [0, 0.1) is 13.8 Å². The lowest BCUT2D eigenvalue weighted by molar-refractivity contribution is -0.137. The third-order valence-electron chi connectivity index (χ3n) is 5.03. The number of ether oxygens (including phenoxy) is 2. The SMILES string of the molecule is COc1ccc(C=C2SC(=S)N(CCCC(=O)O)C2=O)cc1COc1c(C)cccc1C. The van der Waals surface area contributed by atoms with Gasteiger partial charge in [-0.15, -0.1) is 0 Å². The number of hydrogen-bond acceptors (Lipinski definition) is 6. The number of hydrogen-bond donors (Lipinski definition) is 1. The van der Waals surface area contributed by atoms with E-state index in [1.165, 1.54) is 16.7 Å². The lowest BCUT2D eigenvalue weighted by Crippen LogP contribution is -2.29. The van der Waals surface area contributed by atoms with Crippen LogP contribution in [-0.4, -0.2) is 39.9 Å². The minimum absolute atomic E-state index is 0.00168. The molecule has 0 radical (unpaired) electrons. The van der Waals surface area contributed by atoms with E-state index in [0.29, 0.717) is 34.5 Å². The van der Waals surface area contributed by atoms with Crippen molar-refractivity contribution in [1.29, 1.82) is 0 Å². The monoisotopic (exact) mass is 471 g/mol. The summed E-state index contributed by atoms with van der Waals surface area (Å²) in [5, 5.41) is 8.81. The first-order valence-corrected chi connectivity index (χ1v) is 11.4. The van der Waals surface area contributed by atoms with Crippen LogP contribution in [0.1, 0.15) is 35.1 Å². The van der Waals surface area contributed by atoms with Crippen LogP contribution < -0.4 is 9.47 Å². The Bertz CT molecular complexity index is 1060. The van der Waals surface area contributed by atoms with Crippen molar-refractivity contribution in [2.45, 2.75) is 33.3 Å². The van der Waals surface area contributed by atoms with Crippen molar-refractivity contribution in [3.63, 3.8) is 0 Å². The number of benzene rings is 2. The van der Waals surface area contributed by atoms with E-state index >= 15 is 0 Å². The molecular formula is C24H25NO5S2. The molecule has 0 spiro atoms. The van der Waals surface area contributed by atoms with E-state index in [1.54, 1.807) is 13.2 Å². The number of carboxylic acids is 1. The second-order valence-electron chi connectivity index (χ2n) is 7.41. The summed E-state index contributed by atoms with van der Waals surface area (Å²) in [6, 6.07) is 11.7. The van der Waals surface area contributed by atoms with Crippen LogP contribution in [0.25, 0.3) is 6.08 Å². The Morgan fingerprint density at radius 1 is 1.22 bits per heavy atom. The third kappa shape index (κ3) is 5.69. The summed E-state index contributed by atoms with van der Waals surface area (Å²) in [5.41, 5.74) is 3.82. The molecule has 1 saturated heterocycles. The maximum Gasteiger partial charge on any atom is 0.303 e. The second-order valence-corrected chi connectivity index (χ2v) is 9.09. The number of thiocarbonyl (C=S) groups is 1. The Labute approximate surface area is 197 Å². The largest absolute Gasteiger partial charge is 0.496 e. The molecule has 6 nitrogen and oxygen atoms in total. The van der Waals surface area contributed by atoms with Crippen molar-refractivity contribution < 1.29 is 24.2 Å². The van der Waals surface area contributed by atoms with Gasteiger partial charge in [0.1, 0.15) is 22.4 Å². The summed E-state index contributed by atoms with van der Waals surface area (Å²) in [6.07, 6.45) is 2.15. The molecule has 0 bridgehead atoms. The molecule has 1 amide bonds. The van der Waals surface area contributed by atoms with Crippen molar-refractivity contribution in [2.75, 3.05) is 13.7 Å². The van der Waals surface area contributed by atoms with Crippen molar-refractivity contribution in [3.8, 4) is 11.5 Å². The van der Waals surface area contributed by atoms with Gasteiger partial charge in [0, 0.05) is 18.5 Å². The predicted molar refractivity (Wildman–Crippen MR) is 130 cm³/mol. The highest BCUT2D eigenvalue weighted by atomic mass is 32.2. The minimum atomic E-state index is -0.889. The molecule has 0 aromatic heterocycles. The molecule has 2 aromatic carbocycles. The molecule has 0 unspecified atom stereocenters. The molecule has 0 saturated carbocycles. The van der Waals surface area contributed by atoms with Crippen molar-refractivity contribution >= 4 is 46.3 Å². The van der Waals surface area contributed by atoms with Gasteiger partial charge >= 0.3 is 5.97 Å². The van der Waals surface area contributed by atoms with Gasteiger partial charge in [0.2, 0.25) is 0 Å². The van der Waals surface area contributed by atoms with Crippen LogP contribution in [0.4, 0.5) is 0 Å². The average molecular weight is 472 g/mol. The van der Waals surface area contributed by atoms with Gasteiger partial charge in [-0.25, -0.2) is 0 Å². The average Bonchev–Trinajstić information content (AvgIpc) is 3.00. The zero-order chi connectivity index (χ0) is 23.3. The van der Waals surface area contributed by atoms with Gasteiger partial charge in [0.05, 0.1) is 12.0 Å². The van der Waals surface area contributed by atoms with Crippen molar-refractivity contribution in [2.24, 2.45) is 0 Å². The number of methoxy groups -OCH3 is 1. The zero-order valence-electron chi connectivity index (χ0n) is 18.2. The number of para-hydroxylation sites is 1. The van der Waals surface area contributed by atoms with Gasteiger partial charge in [-0.3, -0.25) is 14.5 Å². The molecule has 1 N–H and O–H groups in total. The molecule has 168 valence electrons. The molecule has 0 atom stereocenters. The predicted octanol–water partition coefficient (Wildman–Crippen LogP) is 4.96. The van der Waals surface area contributed by atoms with Crippen LogP contribution in [0.15, 0.2) is 41.3 Å². The van der Waals surface area contributed by atoms with Crippen molar-refractivity contribution in [1.82, 2.24) is 4.90 Å². The summed E-state index contributed by atoms with van der Waals surface area (Å²) in [4.78, 5) is 25.4. The van der Waals surface area contributed by atoms with E-state index in [9.17, 15) is 9.59 Å². The summed E-state index contributed by atoms with van der Waals surface area (Å²) < 4.78 is 12.0. The van der Waals surface area contributed by atoms with Gasteiger partial charge < -0.3 is 14.6 Å². The van der Waals surface area contributed by atoms with E-state index in [1.807, 2.05) is 50.2 Å². The van der Waals surface area contributed by atoms with Gasteiger partial charge in [0.25, 0.3) is 5.91 Å². The van der Waals surface area contributed by atoms with Gasteiger partial charge in [-0.1, -0.05) is 48.2 Å².